The summed E-state index contributed by atoms with van der Waals surface area (Å²) >= 11 is 0. The lowest BCUT2D eigenvalue weighted by atomic mass is 9.90. The van der Waals surface area contributed by atoms with Gasteiger partial charge < -0.3 is 24.8 Å². The summed E-state index contributed by atoms with van der Waals surface area (Å²) in [5.41, 5.74) is -0.729. The van der Waals surface area contributed by atoms with Crippen LogP contribution in [0, 0.1) is 5.41 Å². The zero-order chi connectivity index (χ0) is 16.8. The van der Waals surface area contributed by atoms with Crippen molar-refractivity contribution in [2.75, 3.05) is 18.4 Å². The molecule has 3 rings (SSSR count). The lowest BCUT2D eigenvalue weighted by Gasteiger charge is -2.20. The Labute approximate surface area is 129 Å². The van der Waals surface area contributed by atoms with Gasteiger partial charge in [0.15, 0.2) is 11.5 Å². The highest BCUT2D eigenvalue weighted by atomic mass is 19.3. The van der Waals surface area contributed by atoms with Gasteiger partial charge in [-0.05, 0) is 25.5 Å². The summed E-state index contributed by atoms with van der Waals surface area (Å²) in [5, 5.41) is 11.7. The molecule has 1 unspecified atom stereocenters. The topological polar surface area (TPSA) is 88.1 Å². The van der Waals surface area contributed by atoms with E-state index in [0.29, 0.717) is 13.0 Å². The molecule has 1 aromatic rings. The van der Waals surface area contributed by atoms with E-state index in [2.05, 4.69) is 14.8 Å². The van der Waals surface area contributed by atoms with Crippen LogP contribution in [0.15, 0.2) is 18.2 Å². The molecule has 0 aliphatic carbocycles. The van der Waals surface area contributed by atoms with Crippen molar-refractivity contribution in [1.82, 2.24) is 4.90 Å². The number of anilines is 1. The standard InChI is InChI=1S/C14H14F2N2O5/c1-13(11(19)20)4-5-18(7-13)12(21)17-8-2-3-9-10(6-8)23-14(15,16)22-9/h2-3,6H,4-5,7H2,1H3,(H,17,21)(H,19,20). The molecule has 2 N–H and O–H groups in total. The predicted octanol–water partition coefficient (Wildman–Crippen LogP) is 2.34. The van der Waals surface area contributed by atoms with Gasteiger partial charge in [-0.2, -0.15) is 0 Å². The van der Waals surface area contributed by atoms with Gasteiger partial charge in [-0.3, -0.25) is 4.79 Å². The number of carboxylic acids is 1. The molecule has 2 aliphatic rings. The smallest absolute Gasteiger partial charge is 0.481 e. The summed E-state index contributed by atoms with van der Waals surface area (Å²) in [6, 6.07) is 3.38. The second-order valence-corrected chi connectivity index (χ2v) is 5.80. The van der Waals surface area contributed by atoms with Crippen LogP contribution in [0.25, 0.3) is 0 Å². The Morgan fingerprint density at radius 3 is 2.65 bits per heavy atom. The largest absolute Gasteiger partial charge is 0.586 e. The molecule has 0 spiro atoms. The average molecular weight is 328 g/mol. The molecule has 124 valence electrons. The SMILES string of the molecule is CC1(C(=O)O)CCN(C(=O)Nc2ccc3c(c2)OC(F)(F)O3)C1. The van der Waals surface area contributed by atoms with Crippen molar-refractivity contribution in [1.29, 1.82) is 0 Å². The van der Waals surface area contributed by atoms with E-state index < -0.39 is 23.7 Å². The third-order valence-electron chi connectivity index (χ3n) is 3.93. The van der Waals surface area contributed by atoms with Gasteiger partial charge in [0.1, 0.15) is 0 Å². The number of hydrogen-bond donors (Lipinski definition) is 2. The molecule has 1 saturated heterocycles. The second kappa shape index (κ2) is 4.97. The number of urea groups is 1. The van der Waals surface area contributed by atoms with Crippen molar-refractivity contribution < 1.29 is 33.0 Å². The molecule has 1 atom stereocenters. The van der Waals surface area contributed by atoms with Crippen LogP contribution in [0.4, 0.5) is 19.3 Å². The number of carbonyl (C=O) groups excluding carboxylic acids is 1. The van der Waals surface area contributed by atoms with E-state index >= 15 is 0 Å². The van der Waals surface area contributed by atoms with E-state index in [-0.39, 0.29) is 23.7 Å². The third-order valence-corrected chi connectivity index (χ3v) is 3.93. The van der Waals surface area contributed by atoms with Gasteiger partial charge in [-0.1, -0.05) is 0 Å². The highest BCUT2D eigenvalue weighted by Gasteiger charge is 2.44. The Morgan fingerprint density at radius 2 is 2.00 bits per heavy atom. The number of aliphatic carboxylic acids is 1. The zero-order valence-corrected chi connectivity index (χ0v) is 12.1. The van der Waals surface area contributed by atoms with E-state index in [1.54, 1.807) is 6.92 Å². The van der Waals surface area contributed by atoms with E-state index in [9.17, 15) is 18.4 Å². The van der Waals surface area contributed by atoms with Crippen LogP contribution < -0.4 is 14.8 Å². The predicted molar refractivity (Wildman–Crippen MR) is 73.6 cm³/mol. The number of carboxylic acid groups (broad SMARTS) is 1. The number of nitrogens with zero attached hydrogens (tertiary/aromatic N) is 1. The number of hydrogen-bond acceptors (Lipinski definition) is 4. The number of alkyl halides is 2. The monoisotopic (exact) mass is 328 g/mol. The van der Waals surface area contributed by atoms with Gasteiger partial charge in [-0.25, -0.2) is 4.79 Å². The molecule has 2 amide bonds. The summed E-state index contributed by atoms with van der Waals surface area (Å²) in [4.78, 5) is 24.7. The number of carbonyl (C=O) groups is 2. The average Bonchev–Trinajstić information content (AvgIpc) is 2.98. The molecule has 1 fully saturated rings. The third kappa shape index (κ3) is 2.86. The minimum absolute atomic E-state index is 0.0801. The number of benzene rings is 1. The quantitative estimate of drug-likeness (QED) is 0.870. The van der Waals surface area contributed by atoms with Crippen molar-refractivity contribution in [2.45, 2.75) is 19.6 Å². The van der Waals surface area contributed by atoms with Crippen molar-refractivity contribution in [3.8, 4) is 11.5 Å². The van der Waals surface area contributed by atoms with Gasteiger partial charge in [0, 0.05) is 24.8 Å². The molecule has 0 bridgehead atoms. The lowest BCUT2D eigenvalue weighted by molar-refractivity contribution is -0.286. The fourth-order valence-corrected chi connectivity index (χ4v) is 2.54. The summed E-state index contributed by atoms with van der Waals surface area (Å²) in [6.45, 7) is 1.96. The van der Waals surface area contributed by atoms with Gasteiger partial charge in [0.05, 0.1) is 5.41 Å². The Bertz CT molecular complexity index is 681. The summed E-state index contributed by atoms with van der Waals surface area (Å²) < 4.78 is 34.5. The summed E-state index contributed by atoms with van der Waals surface area (Å²) in [6.07, 6.45) is -3.37. The highest BCUT2D eigenvalue weighted by molar-refractivity contribution is 5.90. The number of likely N-dealkylation sites (tertiary alicyclic amines) is 1. The molecule has 2 aliphatic heterocycles. The normalized spacial score (nSPS) is 24.6. The van der Waals surface area contributed by atoms with E-state index in [1.807, 2.05) is 0 Å². The van der Waals surface area contributed by atoms with Crippen LogP contribution in [-0.2, 0) is 4.79 Å². The molecular formula is C14H14F2N2O5. The van der Waals surface area contributed by atoms with E-state index in [1.165, 1.54) is 23.1 Å². The molecule has 0 saturated carbocycles. The number of nitrogens with one attached hydrogen (secondary N) is 1. The summed E-state index contributed by atoms with van der Waals surface area (Å²) in [7, 11) is 0. The number of fused-ring (bicyclic) bond motifs is 1. The fourth-order valence-electron chi connectivity index (χ4n) is 2.54. The Kier molecular flexibility index (Phi) is 3.31. The molecule has 2 heterocycles. The van der Waals surface area contributed by atoms with E-state index in [0.717, 1.165) is 0 Å². The van der Waals surface area contributed by atoms with Crippen molar-refractivity contribution in [3.05, 3.63) is 18.2 Å². The van der Waals surface area contributed by atoms with Gasteiger partial charge in [-0.15, -0.1) is 8.78 Å². The zero-order valence-electron chi connectivity index (χ0n) is 12.1. The van der Waals surface area contributed by atoms with Crippen molar-refractivity contribution in [2.24, 2.45) is 5.41 Å². The van der Waals surface area contributed by atoms with Crippen molar-refractivity contribution >= 4 is 17.7 Å². The molecule has 0 radical (unpaired) electrons. The van der Waals surface area contributed by atoms with Gasteiger partial charge >= 0.3 is 18.3 Å². The van der Waals surface area contributed by atoms with Gasteiger partial charge in [0.25, 0.3) is 0 Å². The Balaban J connectivity index is 1.67. The number of halogens is 2. The van der Waals surface area contributed by atoms with Gasteiger partial charge in [0.2, 0.25) is 0 Å². The fraction of sp³-hybridized carbons (Fsp3) is 0.429. The Morgan fingerprint density at radius 1 is 1.30 bits per heavy atom. The number of ether oxygens (including phenoxy) is 2. The van der Waals surface area contributed by atoms with Crippen LogP contribution in [0.1, 0.15) is 13.3 Å². The second-order valence-electron chi connectivity index (χ2n) is 5.80. The first-order chi connectivity index (χ1) is 10.7. The summed E-state index contributed by atoms with van der Waals surface area (Å²) in [5.74, 6) is -1.25. The molecule has 7 nitrogen and oxygen atoms in total. The van der Waals surface area contributed by atoms with E-state index in [4.69, 9.17) is 5.11 Å². The number of rotatable bonds is 2. The van der Waals surface area contributed by atoms with Crippen molar-refractivity contribution in [3.63, 3.8) is 0 Å². The van der Waals surface area contributed by atoms with Crippen LogP contribution in [0.3, 0.4) is 0 Å². The maximum Gasteiger partial charge on any atom is 0.586 e. The molecule has 0 aromatic heterocycles. The lowest BCUT2D eigenvalue weighted by Crippen LogP contribution is -2.37. The maximum atomic E-state index is 12.9. The maximum absolute atomic E-state index is 12.9. The molecule has 9 heteroatoms. The highest BCUT2D eigenvalue weighted by Crippen LogP contribution is 2.42. The van der Waals surface area contributed by atoms with Crippen LogP contribution >= 0.6 is 0 Å². The molecular weight excluding hydrogens is 314 g/mol. The first kappa shape index (κ1) is 15.3. The molecule has 1 aromatic carbocycles. The Hall–Kier alpha value is -2.58. The number of amides is 2. The minimum Gasteiger partial charge on any atom is -0.481 e. The van der Waals surface area contributed by atoms with Crippen LogP contribution in [-0.4, -0.2) is 41.4 Å². The van der Waals surface area contributed by atoms with Crippen LogP contribution in [0.2, 0.25) is 0 Å². The minimum atomic E-state index is -3.72. The molecule has 23 heavy (non-hydrogen) atoms. The first-order valence-corrected chi connectivity index (χ1v) is 6.88. The first-order valence-electron chi connectivity index (χ1n) is 6.88. The van der Waals surface area contributed by atoms with Crippen LogP contribution in [0.5, 0.6) is 11.5 Å².